The molecule has 8 heavy (non-hydrogen) atoms. The van der Waals surface area contributed by atoms with Crippen molar-refractivity contribution in [3.05, 3.63) is 0 Å². The Labute approximate surface area is 50.3 Å². The summed E-state index contributed by atoms with van der Waals surface area (Å²) in [7, 11) is 0.0648. The minimum Gasteiger partial charge on any atom is -0.409 e. The Kier molecular flexibility index (Phi) is 1.92. The molecule has 1 aliphatic heterocycles. The maximum absolute atomic E-state index is 5.19. The van der Waals surface area contributed by atoms with Crippen LogP contribution in [0.2, 0.25) is 5.82 Å². The van der Waals surface area contributed by atoms with Crippen LogP contribution in [-0.4, -0.2) is 20.3 Å². The van der Waals surface area contributed by atoms with Gasteiger partial charge in [0.1, 0.15) is 0 Å². The molecule has 1 saturated heterocycles. The van der Waals surface area contributed by atoms with E-state index < -0.39 is 0 Å². The van der Waals surface area contributed by atoms with Crippen molar-refractivity contribution in [2.24, 2.45) is 0 Å². The van der Waals surface area contributed by atoms with E-state index in [1.807, 2.05) is 0 Å². The normalized spacial score (nSPS) is 20.6. The lowest BCUT2D eigenvalue weighted by Crippen LogP contribution is -2.17. The third-order valence-electron chi connectivity index (χ3n) is 1.19. The number of hydrogen-bond acceptors (Lipinski definition) is 2. The van der Waals surface area contributed by atoms with Crippen LogP contribution in [0.4, 0.5) is 0 Å². The minimum atomic E-state index is 0.0648. The highest BCUT2D eigenvalue weighted by atomic mass is 16.6. The third-order valence-corrected chi connectivity index (χ3v) is 1.19. The monoisotopic (exact) mass is 114 g/mol. The summed E-state index contributed by atoms with van der Waals surface area (Å²) in [4.78, 5) is 0. The Hall–Kier alpha value is -0.0151. The first kappa shape index (κ1) is 6.11. The second kappa shape index (κ2) is 2.51. The molecule has 2 nitrogen and oxygen atoms in total. The van der Waals surface area contributed by atoms with Gasteiger partial charge in [-0.2, -0.15) is 0 Å². The average molecular weight is 114 g/mol. The summed E-state index contributed by atoms with van der Waals surface area (Å²) in [5, 5.41) is 0. The highest BCUT2D eigenvalue weighted by Gasteiger charge is 2.26. The van der Waals surface area contributed by atoms with Crippen LogP contribution in [-0.2, 0) is 9.31 Å². The van der Waals surface area contributed by atoms with E-state index in [0.717, 1.165) is 13.2 Å². The smallest absolute Gasteiger partial charge is 0.409 e. The molecule has 3 heteroatoms. The summed E-state index contributed by atoms with van der Waals surface area (Å²) < 4.78 is 10.4. The van der Waals surface area contributed by atoms with Crippen LogP contribution in [0, 0.1) is 0 Å². The van der Waals surface area contributed by atoms with Crippen LogP contribution >= 0.6 is 0 Å². The molecule has 46 valence electrons. The first-order chi connectivity index (χ1) is 3.80. The molecular weight excluding hydrogens is 103 g/mol. The van der Waals surface area contributed by atoms with Crippen LogP contribution in [0.25, 0.3) is 0 Å². The van der Waals surface area contributed by atoms with E-state index >= 15 is 0 Å². The molecule has 0 N–H and O–H groups in total. The summed E-state index contributed by atoms with van der Waals surface area (Å²) in [5.41, 5.74) is 0. The zero-order valence-corrected chi connectivity index (χ0v) is 5.39. The second-order valence-corrected chi connectivity index (χ2v) is 2.35. The van der Waals surface area contributed by atoms with Crippen molar-refractivity contribution in [3.8, 4) is 0 Å². The molecule has 0 atom stereocenters. The van der Waals surface area contributed by atoms with Gasteiger partial charge in [-0.25, -0.2) is 0 Å². The van der Waals surface area contributed by atoms with Crippen molar-refractivity contribution in [1.82, 2.24) is 0 Å². The topological polar surface area (TPSA) is 18.5 Å². The van der Waals surface area contributed by atoms with Gasteiger partial charge in [0.05, 0.1) is 13.2 Å². The van der Waals surface area contributed by atoms with Crippen molar-refractivity contribution in [3.63, 3.8) is 0 Å². The van der Waals surface area contributed by atoms with Crippen LogP contribution < -0.4 is 0 Å². The fourth-order valence-corrected chi connectivity index (χ4v) is 0.762. The Bertz CT molecular complexity index is 68.8. The first-order valence-corrected chi connectivity index (χ1v) is 3.04. The average Bonchev–Trinajstić information content (AvgIpc) is 2.12. The Morgan fingerprint density at radius 2 is 1.75 bits per heavy atom. The fourth-order valence-electron chi connectivity index (χ4n) is 0.762. The molecule has 0 bridgehead atoms. The van der Waals surface area contributed by atoms with Crippen LogP contribution in [0.5, 0.6) is 0 Å². The zero-order valence-electron chi connectivity index (χ0n) is 5.39. The van der Waals surface area contributed by atoms with Crippen molar-refractivity contribution in [1.29, 1.82) is 0 Å². The molecular formula is C5H11BO2. The lowest BCUT2D eigenvalue weighted by molar-refractivity contribution is 0.363. The molecule has 0 saturated carbocycles. The van der Waals surface area contributed by atoms with Gasteiger partial charge in [0.2, 0.25) is 0 Å². The molecule has 0 amide bonds. The van der Waals surface area contributed by atoms with E-state index in [9.17, 15) is 0 Å². The van der Waals surface area contributed by atoms with Crippen LogP contribution in [0.3, 0.4) is 0 Å². The van der Waals surface area contributed by atoms with Gasteiger partial charge in [-0.3, -0.25) is 0 Å². The van der Waals surface area contributed by atoms with E-state index in [1.165, 1.54) is 0 Å². The Morgan fingerprint density at radius 3 is 2.00 bits per heavy atom. The van der Waals surface area contributed by atoms with Gasteiger partial charge in [0.15, 0.2) is 0 Å². The van der Waals surface area contributed by atoms with Crippen molar-refractivity contribution < 1.29 is 9.31 Å². The molecule has 0 aromatic rings. The highest BCUT2D eigenvalue weighted by Crippen LogP contribution is 2.13. The van der Waals surface area contributed by atoms with Gasteiger partial charge < -0.3 is 9.31 Å². The van der Waals surface area contributed by atoms with E-state index in [0.29, 0.717) is 5.82 Å². The molecule has 1 aliphatic rings. The van der Waals surface area contributed by atoms with Gasteiger partial charge in [0, 0.05) is 0 Å². The maximum Gasteiger partial charge on any atom is 0.459 e. The largest absolute Gasteiger partial charge is 0.459 e. The Balaban J connectivity index is 2.24. The van der Waals surface area contributed by atoms with Gasteiger partial charge >= 0.3 is 7.12 Å². The molecule has 0 spiro atoms. The molecule has 0 aromatic heterocycles. The van der Waals surface area contributed by atoms with Crippen molar-refractivity contribution in [2.75, 3.05) is 13.2 Å². The molecule has 1 fully saturated rings. The molecule has 0 unspecified atom stereocenters. The van der Waals surface area contributed by atoms with E-state index in [1.54, 1.807) is 0 Å². The van der Waals surface area contributed by atoms with Crippen molar-refractivity contribution in [2.45, 2.75) is 19.7 Å². The number of hydrogen-bond donors (Lipinski definition) is 0. The molecule has 0 radical (unpaired) electrons. The van der Waals surface area contributed by atoms with E-state index in [-0.39, 0.29) is 7.12 Å². The maximum atomic E-state index is 5.19. The highest BCUT2D eigenvalue weighted by molar-refractivity contribution is 6.46. The van der Waals surface area contributed by atoms with Crippen LogP contribution in [0.15, 0.2) is 0 Å². The predicted octanol–water partition coefficient (Wildman–Crippen LogP) is 0.931. The zero-order chi connectivity index (χ0) is 5.98. The minimum absolute atomic E-state index is 0.0648. The number of rotatable bonds is 1. The standard InChI is InChI=1S/C5H11BO2/c1-5(2)6-7-3-4-8-6/h5H,3-4H2,1-2H3. The summed E-state index contributed by atoms with van der Waals surface area (Å²) in [5.74, 6) is 0.498. The summed E-state index contributed by atoms with van der Waals surface area (Å²) in [6, 6.07) is 0. The predicted molar refractivity (Wildman–Crippen MR) is 32.8 cm³/mol. The lowest BCUT2D eigenvalue weighted by atomic mass is 9.75. The van der Waals surface area contributed by atoms with E-state index in [2.05, 4.69) is 13.8 Å². The SMILES string of the molecule is CC(C)B1OCCO1. The van der Waals surface area contributed by atoms with E-state index in [4.69, 9.17) is 9.31 Å². The molecule has 0 aliphatic carbocycles. The van der Waals surface area contributed by atoms with Gasteiger partial charge in [-0.1, -0.05) is 13.8 Å². The van der Waals surface area contributed by atoms with Gasteiger partial charge in [0.25, 0.3) is 0 Å². The Morgan fingerprint density at radius 1 is 1.25 bits per heavy atom. The fraction of sp³-hybridized carbons (Fsp3) is 1.00. The molecule has 1 rings (SSSR count). The summed E-state index contributed by atoms with van der Waals surface area (Å²) in [6.45, 7) is 5.72. The van der Waals surface area contributed by atoms with Gasteiger partial charge in [-0.15, -0.1) is 0 Å². The molecule has 0 aromatic carbocycles. The van der Waals surface area contributed by atoms with Crippen molar-refractivity contribution >= 4 is 7.12 Å². The van der Waals surface area contributed by atoms with Crippen LogP contribution in [0.1, 0.15) is 13.8 Å². The second-order valence-electron chi connectivity index (χ2n) is 2.35. The van der Waals surface area contributed by atoms with Gasteiger partial charge in [-0.05, 0) is 5.82 Å². The lowest BCUT2D eigenvalue weighted by Gasteiger charge is -2.04. The molecule has 1 heterocycles. The summed E-state index contributed by atoms with van der Waals surface area (Å²) >= 11 is 0. The summed E-state index contributed by atoms with van der Waals surface area (Å²) in [6.07, 6.45) is 0. The first-order valence-electron chi connectivity index (χ1n) is 3.04. The quantitative estimate of drug-likeness (QED) is 0.472. The third kappa shape index (κ3) is 1.23.